The van der Waals surface area contributed by atoms with Gasteiger partial charge in [0, 0.05) is 54.7 Å². The van der Waals surface area contributed by atoms with Crippen molar-refractivity contribution < 1.29 is 9.53 Å². The second-order valence-electron chi connectivity index (χ2n) is 8.27. The van der Waals surface area contributed by atoms with Gasteiger partial charge in [-0.15, -0.1) is 0 Å². The molecule has 1 aliphatic heterocycles. The molecular weight excluding hydrogens is 400 g/mol. The molecule has 1 saturated heterocycles. The number of pyridine rings is 1. The van der Waals surface area contributed by atoms with Gasteiger partial charge in [0.05, 0.1) is 19.8 Å². The van der Waals surface area contributed by atoms with Gasteiger partial charge >= 0.3 is 0 Å². The molecule has 0 aliphatic carbocycles. The van der Waals surface area contributed by atoms with Gasteiger partial charge in [0.15, 0.2) is 0 Å². The fraction of sp³-hybridized carbons (Fsp3) is 0.269. The zero-order valence-electron chi connectivity index (χ0n) is 17.9. The molecule has 0 radical (unpaired) electrons. The van der Waals surface area contributed by atoms with Crippen LogP contribution in [-0.2, 0) is 17.7 Å². The summed E-state index contributed by atoms with van der Waals surface area (Å²) < 4.78 is 7.75. The van der Waals surface area contributed by atoms with E-state index in [0.29, 0.717) is 32.8 Å². The van der Waals surface area contributed by atoms with Crippen LogP contribution in [0.15, 0.2) is 79.4 Å². The Morgan fingerprint density at radius 3 is 2.84 bits per heavy atom. The molecule has 0 N–H and O–H groups in total. The second kappa shape index (κ2) is 9.32. The summed E-state index contributed by atoms with van der Waals surface area (Å²) in [5, 5.41) is 6.65. The van der Waals surface area contributed by atoms with Crippen LogP contribution < -0.4 is 0 Å². The summed E-state index contributed by atoms with van der Waals surface area (Å²) in [5.41, 5.74) is 2.98. The van der Waals surface area contributed by atoms with E-state index in [4.69, 9.17) is 4.74 Å². The van der Waals surface area contributed by atoms with Gasteiger partial charge in [-0.3, -0.25) is 14.5 Å². The van der Waals surface area contributed by atoms with E-state index in [-0.39, 0.29) is 11.8 Å². The Balaban J connectivity index is 1.36. The van der Waals surface area contributed by atoms with Crippen molar-refractivity contribution in [3.05, 3.63) is 96.1 Å². The molecule has 0 saturated carbocycles. The molecular formula is C26H26N4O2. The number of rotatable bonds is 5. The summed E-state index contributed by atoms with van der Waals surface area (Å²) in [6, 6.07) is 18.1. The summed E-state index contributed by atoms with van der Waals surface area (Å²) in [6.45, 7) is 3.07. The first kappa shape index (κ1) is 20.4. The third-order valence-electron chi connectivity index (χ3n) is 6.04. The van der Waals surface area contributed by atoms with Crippen LogP contribution in [0.3, 0.4) is 0 Å². The zero-order chi connectivity index (χ0) is 21.8. The molecule has 32 heavy (non-hydrogen) atoms. The largest absolute Gasteiger partial charge is 0.379 e. The number of ether oxygens (including phenoxy) is 1. The van der Waals surface area contributed by atoms with Gasteiger partial charge in [-0.25, -0.2) is 0 Å². The van der Waals surface area contributed by atoms with Crippen molar-refractivity contribution in [2.45, 2.75) is 13.0 Å². The predicted molar refractivity (Wildman–Crippen MR) is 123 cm³/mol. The van der Waals surface area contributed by atoms with Crippen LogP contribution in [-0.4, -0.2) is 51.9 Å². The maximum Gasteiger partial charge on any atom is 0.254 e. The van der Waals surface area contributed by atoms with Crippen LogP contribution in [0.2, 0.25) is 0 Å². The molecule has 2 aromatic heterocycles. The average molecular weight is 427 g/mol. The summed E-state index contributed by atoms with van der Waals surface area (Å²) in [5.74, 6) is 0.295. The van der Waals surface area contributed by atoms with Gasteiger partial charge < -0.3 is 9.64 Å². The van der Waals surface area contributed by atoms with Crippen molar-refractivity contribution >= 4 is 16.7 Å². The van der Waals surface area contributed by atoms with Crippen LogP contribution >= 0.6 is 0 Å². The lowest BCUT2D eigenvalue weighted by Gasteiger charge is -2.25. The fourth-order valence-corrected chi connectivity index (χ4v) is 4.47. The molecule has 6 heteroatoms. The lowest BCUT2D eigenvalue weighted by molar-refractivity contribution is 0.0736. The molecule has 0 bridgehead atoms. The molecule has 0 spiro atoms. The number of amides is 1. The fourth-order valence-electron chi connectivity index (χ4n) is 4.47. The van der Waals surface area contributed by atoms with E-state index in [0.717, 1.165) is 22.9 Å². The first-order valence-corrected chi connectivity index (χ1v) is 11.0. The Labute approximate surface area is 187 Å². The highest BCUT2D eigenvalue weighted by Gasteiger charge is 2.25. The Kier molecular flexibility index (Phi) is 5.94. The number of nitrogens with zero attached hydrogens (tertiary/aromatic N) is 4. The quantitative estimate of drug-likeness (QED) is 0.487. The molecule has 0 unspecified atom stereocenters. The highest BCUT2D eigenvalue weighted by Crippen LogP contribution is 2.23. The van der Waals surface area contributed by atoms with Gasteiger partial charge in [-0.2, -0.15) is 5.10 Å². The minimum Gasteiger partial charge on any atom is -0.379 e. The lowest BCUT2D eigenvalue weighted by atomic mass is 9.95. The summed E-state index contributed by atoms with van der Waals surface area (Å²) in [7, 11) is 0. The van der Waals surface area contributed by atoms with Crippen LogP contribution in [0.4, 0.5) is 0 Å². The van der Waals surface area contributed by atoms with Gasteiger partial charge in [0.25, 0.3) is 5.91 Å². The molecule has 1 amide bonds. The SMILES string of the molecule is O=C(c1ccccc1Cn1cccn1)N1CCOC[C@H](Cc2cccc3cnccc23)C1. The number of hydrogen-bond acceptors (Lipinski definition) is 4. The van der Waals surface area contributed by atoms with Crippen molar-refractivity contribution in [3.63, 3.8) is 0 Å². The minimum absolute atomic E-state index is 0.0605. The average Bonchev–Trinajstić information content (AvgIpc) is 3.23. The molecule has 1 atom stereocenters. The van der Waals surface area contributed by atoms with Gasteiger partial charge in [0.1, 0.15) is 0 Å². The van der Waals surface area contributed by atoms with E-state index >= 15 is 0 Å². The lowest BCUT2D eigenvalue weighted by Crippen LogP contribution is -2.37. The number of carbonyl (C=O) groups excluding carboxylic acids is 1. The molecule has 5 rings (SSSR count). The van der Waals surface area contributed by atoms with Crippen LogP contribution in [0.25, 0.3) is 10.8 Å². The highest BCUT2D eigenvalue weighted by molar-refractivity contribution is 5.95. The van der Waals surface area contributed by atoms with E-state index in [1.807, 2.05) is 58.5 Å². The van der Waals surface area contributed by atoms with E-state index in [2.05, 4.69) is 34.3 Å². The molecule has 1 aliphatic rings. The standard InChI is InChI=1S/C26H26N4O2/c31-26(25-8-2-1-5-23(25)18-30-12-4-10-28-30)29-13-14-32-19-20(17-29)15-21-6-3-7-22-16-27-11-9-24(21)22/h1-12,16,20H,13-15,17-19H2/t20-/m1/s1. The Bertz CT molecular complexity index is 1200. The van der Waals surface area contributed by atoms with Crippen LogP contribution in [0.5, 0.6) is 0 Å². The van der Waals surface area contributed by atoms with Crippen LogP contribution in [0.1, 0.15) is 21.5 Å². The molecule has 4 aromatic rings. The topological polar surface area (TPSA) is 60.2 Å². The normalized spacial score (nSPS) is 16.8. The number of carbonyl (C=O) groups is 1. The Morgan fingerprint density at radius 2 is 1.94 bits per heavy atom. The van der Waals surface area contributed by atoms with Crippen molar-refractivity contribution in [1.29, 1.82) is 0 Å². The third kappa shape index (κ3) is 4.41. The maximum absolute atomic E-state index is 13.5. The van der Waals surface area contributed by atoms with Gasteiger partial charge in [0.2, 0.25) is 0 Å². The minimum atomic E-state index is 0.0605. The van der Waals surface area contributed by atoms with E-state index in [1.165, 1.54) is 10.9 Å². The number of fused-ring (bicyclic) bond motifs is 1. The molecule has 162 valence electrons. The third-order valence-corrected chi connectivity index (χ3v) is 6.04. The summed E-state index contributed by atoms with van der Waals surface area (Å²) in [4.78, 5) is 19.7. The maximum atomic E-state index is 13.5. The van der Waals surface area contributed by atoms with Crippen molar-refractivity contribution in [2.75, 3.05) is 26.3 Å². The van der Waals surface area contributed by atoms with E-state index < -0.39 is 0 Å². The molecule has 3 heterocycles. The first-order chi connectivity index (χ1) is 15.8. The molecule has 6 nitrogen and oxygen atoms in total. The predicted octanol–water partition coefficient (Wildman–Crippen LogP) is 3.81. The van der Waals surface area contributed by atoms with E-state index in [9.17, 15) is 4.79 Å². The van der Waals surface area contributed by atoms with Gasteiger partial charge in [-0.1, -0.05) is 36.4 Å². The molecule has 1 fully saturated rings. The molecule has 2 aromatic carbocycles. The van der Waals surface area contributed by atoms with Crippen molar-refractivity contribution in [1.82, 2.24) is 19.7 Å². The Hall–Kier alpha value is -3.51. The number of benzene rings is 2. The summed E-state index contributed by atoms with van der Waals surface area (Å²) >= 11 is 0. The number of aromatic nitrogens is 3. The van der Waals surface area contributed by atoms with Gasteiger partial charge in [-0.05, 0) is 41.1 Å². The van der Waals surface area contributed by atoms with E-state index in [1.54, 1.807) is 6.20 Å². The van der Waals surface area contributed by atoms with Crippen molar-refractivity contribution in [3.8, 4) is 0 Å². The number of hydrogen-bond donors (Lipinski definition) is 0. The second-order valence-corrected chi connectivity index (χ2v) is 8.27. The van der Waals surface area contributed by atoms with Crippen LogP contribution in [0, 0.1) is 5.92 Å². The summed E-state index contributed by atoms with van der Waals surface area (Å²) in [6.07, 6.45) is 8.26. The van der Waals surface area contributed by atoms with Crippen molar-refractivity contribution in [2.24, 2.45) is 5.92 Å². The Morgan fingerprint density at radius 1 is 1.03 bits per heavy atom. The zero-order valence-corrected chi connectivity index (χ0v) is 17.9. The smallest absolute Gasteiger partial charge is 0.254 e. The first-order valence-electron chi connectivity index (χ1n) is 11.0. The highest BCUT2D eigenvalue weighted by atomic mass is 16.5. The monoisotopic (exact) mass is 426 g/mol.